The largest absolute Gasteiger partial charge is 0.493 e. The standard InChI is InChI=1S/C21H32N4O5/c1-14(2)22-21(27)25(16-7-9-30-10-8-16)17-12-24(13-17)20(26)23-15-5-6-18(28-3)19(11-15)29-4/h5-6,11,14,16-17H,7-10,12-13H2,1-4H3,(H,22,27)(H,23,26). The van der Waals surface area contributed by atoms with E-state index in [0.29, 0.717) is 43.5 Å². The molecule has 166 valence electrons. The van der Waals surface area contributed by atoms with Crippen molar-refractivity contribution < 1.29 is 23.8 Å². The Hall–Kier alpha value is -2.68. The van der Waals surface area contributed by atoms with Gasteiger partial charge in [-0.3, -0.25) is 0 Å². The van der Waals surface area contributed by atoms with Gasteiger partial charge in [0, 0.05) is 50.1 Å². The number of rotatable bonds is 6. The fourth-order valence-electron chi connectivity index (χ4n) is 3.83. The molecule has 2 saturated heterocycles. The third-order valence-electron chi connectivity index (χ3n) is 5.41. The van der Waals surface area contributed by atoms with Gasteiger partial charge in [0.15, 0.2) is 11.5 Å². The molecule has 0 aromatic heterocycles. The summed E-state index contributed by atoms with van der Waals surface area (Å²) in [4.78, 5) is 29.1. The van der Waals surface area contributed by atoms with E-state index in [9.17, 15) is 9.59 Å². The number of nitrogens with one attached hydrogen (secondary N) is 2. The van der Waals surface area contributed by atoms with Crippen LogP contribution < -0.4 is 20.1 Å². The monoisotopic (exact) mass is 420 g/mol. The van der Waals surface area contributed by atoms with Crippen LogP contribution in [-0.4, -0.2) is 80.5 Å². The van der Waals surface area contributed by atoms with Crippen molar-refractivity contribution in [3.05, 3.63) is 18.2 Å². The smallest absolute Gasteiger partial charge is 0.321 e. The SMILES string of the molecule is COc1ccc(NC(=O)N2CC(N(C(=O)NC(C)C)C3CCOCC3)C2)cc1OC. The van der Waals surface area contributed by atoms with Crippen molar-refractivity contribution in [1.82, 2.24) is 15.1 Å². The van der Waals surface area contributed by atoms with E-state index in [1.807, 2.05) is 18.7 Å². The summed E-state index contributed by atoms with van der Waals surface area (Å²) in [6, 6.07) is 5.16. The van der Waals surface area contributed by atoms with Gasteiger partial charge in [-0.25, -0.2) is 9.59 Å². The minimum Gasteiger partial charge on any atom is -0.493 e. The lowest BCUT2D eigenvalue weighted by Gasteiger charge is -2.48. The molecule has 2 heterocycles. The number of hydrogen-bond donors (Lipinski definition) is 2. The Bertz CT molecular complexity index is 745. The third-order valence-corrected chi connectivity index (χ3v) is 5.41. The highest BCUT2D eigenvalue weighted by molar-refractivity contribution is 5.90. The van der Waals surface area contributed by atoms with Crippen LogP contribution in [0.3, 0.4) is 0 Å². The van der Waals surface area contributed by atoms with Crippen molar-refractivity contribution in [2.75, 3.05) is 45.8 Å². The molecule has 2 aliphatic heterocycles. The Morgan fingerprint density at radius 3 is 2.37 bits per heavy atom. The predicted molar refractivity (Wildman–Crippen MR) is 113 cm³/mol. The first-order valence-corrected chi connectivity index (χ1v) is 10.4. The average Bonchev–Trinajstić information content (AvgIpc) is 2.70. The zero-order valence-electron chi connectivity index (χ0n) is 18.1. The molecule has 2 fully saturated rings. The number of hydrogen-bond acceptors (Lipinski definition) is 5. The van der Waals surface area contributed by atoms with Crippen LogP contribution >= 0.6 is 0 Å². The van der Waals surface area contributed by atoms with Crippen LogP contribution in [0, 0.1) is 0 Å². The van der Waals surface area contributed by atoms with Crippen molar-refractivity contribution in [2.45, 2.75) is 44.8 Å². The molecular weight excluding hydrogens is 388 g/mol. The Morgan fingerprint density at radius 1 is 1.10 bits per heavy atom. The van der Waals surface area contributed by atoms with E-state index in [-0.39, 0.29) is 30.2 Å². The number of nitrogens with zero attached hydrogens (tertiary/aromatic N) is 2. The van der Waals surface area contributed by atoms with Gasteiger partial charge < -0.3 is 34.6 Å². The van der Waals surface area contributed by atoms with Gasteiger partial charge in [-0.2, -0.15) is 0 Å². The number of amides is 4. The van der Waals surface area contributed by atoms with Crippen molar-refractivity contribution in [3.8, 4) is 11.5 Å². The summed E-state index contributed by atoms with van der Waals surface area (Å²) >= 11 is 0. The molecule has 1 aromatic carbocycles. The summed E-state index contributed by atoms with van der Waals surface area (Å²) in [7, 11) is 3.12. The number of methoxy groups -OCH3 is 2. The molecule has 0 bridgehead atoms. The predicted octanol–water partition coefficient (Wildman–Crippen LogP) is 2.52. The molecule has 1 aromatic rings. The Morgan fingerprint density at radius 2 is 1.77 bits per heavy atom. The third kappa shape index (κ3) is 5.08. The number of likely N-dealkylation sites (tertiary alicyclic amines) is 1. The Kier molecular flexibility index (Phi) is 7.25. The van der Waals surface area contributed by atoms with Gasteiger partial charge in [-0.05, 0) is 38.8 Å². The molecule has 0 radical (unpaired) electrons. The van der Waals surface area contributed by atoms with Crippen LogP contribution in [0.5, 0.6) is 11.5 Å². The summed E-state index contributed by atoms with van der Waals surface area (Å²) < 4.78 is 16.0. The molecule has 2 aliphatic rings. The molecule has 0 atom stereocenters. The molecule has 0 unspecified atom stereocenters. The van der Waals surface area contributed by atoms with Gasteiger partial charge in [0.05, 0.1) is 20.3 Å². The number of carbonyl (C=O) groups excluding carboxylic acids is 2. The van der Waals surface area contributed by atoms with Gasteiger partial charge in [-0.1, -0.05) is 0 Å². The van der Waals surface area contributed by atoms with E-state index in [1.165, 1.54) is 0 Å². The highest BCUT2D eigenvalue weighted by Gasteiger charge is 2.41. The topological polar surface area (TPSA) is 92.4 Å². The summed E-state index contributed by atoms with van der Waals surface area (Å²) in [5.41, 5.74) is 0.625. The van der Waals surface area contributed by atoms with Gasteiger partial charge in [0.2, 0.25) is 0 Å². The quantitative estimate of drug-likeness (QED) is 0.738. The molecule has 30 heavy (non-hydrogen) atoms. The van der Waals surface area contributed by atoms with E-state index >= 15 is 0 Å². The van der Waals surface area contributed by atoms with Crippen LogP contribution in [0.4, 0.5) is 15.3 Å². The lowest BCUT2D eigenvalue weighted by molar-refractivity contribution is 0.00369. The summed E-state index contributed by atoms with van der Waals surface area (Å²) in [5.74, 6) is 1.15. The van der Waals surface area contributed by atoms with Gasteiger partial charge >= 0.3 is 12.1 Å². The van der Waals surface area contributed by atoms with E-state index in [0.717, 1.165) is 12.8 Å². The number of ether oxygens (including phenoxy) is 3. The lowest BCUT2D eigenvalue weighted by atomic mass is 10.0. The van der Waals surface area contributed by atoms with Crippen LogP contribution in [0.15, 0.2) is 18.2 Å². The first kappa shape index (κ1) is 22.0. The minimum atomic E-state index is -0.199. The maximum absolute atomic E-state index is 12.8. The normalized spacial score (nSPS) is 17.3. The zero-order chi connectivity index (χ0) is 21.7. The van der Waals surface area contributed by atoms with E-state index in [2.05, 4.69) is 10.6 Å². The maximum atomic E-state index is 12.8. The first-order valence-electron chi connectivity index (χ1n) is 10.4. The van der Waals surface area contributed by atoms with Gasteiger partial charge in [0.1, 0.15) is 0 Å². The summed E-state index contributed by atoms with van der Waals surface area (Å²) in [5, 5.41) is 5.88. The molecular formula is C21H32N4O5. The average molecular weight is 421 g/mol. The molecule has 0 aliphatic carbocycles. The highest BCUT2D eigenvalue weighted by Crippen LogP contribution is 2.30. The molecule has 2 N–H and O–H groups in total. The van der Waals surface area contributed by atoms with Crippen molar-refractivity contribution in [1.29, 1.82) is 0 Å². The van der Waals surface area contributed by atoms with E-state index < -0.39 is 0 Å². The number of anilines is 1. The maximum Gasteiger partial charge on any atom is 0.321 e. The Labute approximate surface area is 177 Å². The van der Waals surface area contributed by atoms with Gasteiger partial charge in [-0.15, -0.1) is 0 Å². The molecule has 3 rings (SSSR count). The van der Waals surface area contributed by atoms with Crippen molar-refractivity contribution in [2.24, 2.45) is 0 Å². The number of urea groups is 2. The zero-order valence-corrected chi connectivity index (χ0v) is 18.1. The van der Waals surface area contributed by atoms with Crippen LogP contribution in [0.1, 0.15) is 26.7 Å². The number of benzene rings is 1. The van der Waals surface area contributed by atoms with Crippen LogP contribution in [0.25, 0.3) is 0 Å². The van der Waals surface area contributed by atoms with Crippen LogP contribution in [0.2, 0.25) is 0 Å². The molecule has 0 saturated carbocycles. The summed E-state index contributed by atoms with van der Waals surface area (Å²) in [6.07, 6.45) is 1.64. The molecule has 0 spiro atoms. The molecule has 9 heteroatoms. The van der Waals surface area contributed by atoms with Gasteiger partial charge in [0.25, 0.3) is 0 Å². The fraction of sp³-hybridized carbons (Fsp3) is 0.619. The van der Waals surface area contributed by atoms with E-state index in [1.54, 1.807) is 37.3 Å². The van der Waals surface area contributed by atoms with Crippen molar-refractivity contribution in [3.63, 3.8) is 0 Å². The fourth-order valence-corrected chi connectivity index (χ4v) is 3.83. The first-order chi connectivity index (χ1) is 14.4. The second kappa shape index (κ2) is 9.88. The van der Waals surface area contributed by atoms with Crippen molar-refractivity contribution >= 4 is 17.7 Å². The highest BCUT2D eigenvalue weighted by atomic mass is 16.5. The Balaban J connectivity index is 1.60. The lowest BCUT2D eigenvalue weighted by Crippen LogP contribution is -2.67. The second-order valence-electron chi connectivity index (χ2n) is 7.91. The van der Waals surface area contributed by atoms with E-state index in [4.69, 9.17) is 14.2 Å². The summed E-state index contributed by atoms with van der Waals surface area (Å²) in [6.45, 7) is 6.22. The number of carbonyl (C=O) groups is 2. The minimum absolute atomic E-state index is 0.00278. The molecule has 9 nitrogen and oxygen atoms in total. The second-order valence-corrected chi connectivity index (χ2v) is 7.91. The molecule has 4 amide bonds. The van der Waals surface area contributed by atoms with Crippen LogP contribution in [-0.2, 0) is 4.74 Å².